The molecule has 276 valence electrons. The van der Waals surface area contributed by atoms with E-state index in [2.05, 4.69) is 191 Å². The Morgan fingerprint density at radius 3 is 0.950 bits per heavy atom. The maximum absolute atomic E-state index is 9.64. The first-order valence-electron chi connectivity index (χ1n) is 20.1. The van der Waals surface area contributed by atoms with Crippen molar-refractivity contribution >= 4 is 75.9 Å². The summed E-state index contributed by atoms with van der Waals surface area (Å²) in [5.74, 6) is 0. The normalized spacial score (nSPS) is 11.6. The van der Waals surface area contributed by atoms with Gasteiger partial charge in [-0.1, -0.05) is 109 Å². The number of benzene rings is 10. The summed E-state index contributed by atoms with van der Waals surface area (Å²) in [6.07, 6.45) is 0. The number of aromatic nitrogens is 2. The molecule has 12 rings (SSSR count). The summed E-state index contributed by atoms with van der Waals surface area (Å²) in [6.45, 7) is 0. The van der Waals surface area contributed by atoms with Crippen molar-refractivity contribution in [3.8, 4) is 45.8 Å². The average Bonchev–Trinajstić information content (AvgIpc) is 3.83. The van der Waals surface area contributed by atoms with Crippen LogP contribution in [-0.2, 0) is 0 Å². The fourth-order valence-corrected chi connectivity index (χ4v) is 9.61. The van der Waals surface area contributed by atoms with Crippen molar-refractivity contribution < 1.29 is 0 Å². The first kappa shape index (κ1) is 33.7. The monoisotopic (exact) mass is 760 g/mol. The molecule has 0 spiro atoms. The van der Waals surface area contributed by atoms with Crippen LogP contribution in [0.4, 0.5) is 0 Å². The zero-order valence-corrected chi connectivity index (χ0v) is 32.3. The van der Waals surface area contributed by atoms with E-state index in [4.69, 9.17) is 0 Å². The minimum Gasteiger partial charge on any atom is -0.309 e. The molecule has 0 aliphatic rings. The standard InChI is InChI=1S/C56H32N4/c57-33-35-17-21-37(22-18-35)41-25-27-55(59-51-13-5-1-9-43(51)44-10-2-6-14-52(44)59)49-31-40-32-50-48(30-39(40)29-47(41)49)42(38-23-19-36(34-58)20-24-38)26-28-56(50)60-53-15-7-3-11-45(53)46-12-4-8-16-54(46)60/h1-32H. The Kier molecular flexibility index (Phi) is 7.32. The maximum Gasteiger partial charge on any atom is 0.0991 e. The molecule has 4 nitrogen and oxygen atoms in total. The van der Waals surface area contributed by atoms with Gasteiger partial charge in [0.05, 0.1) is 56.7 Å². The van der Waals surface area contributed by atoms with E-state index in [1.54, 1.807) is 0 Å². The van der Waals surface area contributed by atoms with E-state index in [1.165, 1.54) is 21.5 Å². The van der Waals surface area contributed by atoms with Gasteiger partial charge < -0.3 is 9.13 Å². The molecule has 0 N–H and O–H groups in total. The Labute approximate surface area is 345 Å². The van der Waals surface area contributed by atoms with E-state index in [9.17, 15) is 10.5 Å². The van der Waals surface area contributed by atoms with Crippen LogP contribution in [0.15, 0.2) is 194 Å². The maximum atomic E-state index is 9.64. The highest BCUT2D eigenvalue weighted by atomic mass is 15.0. The molecule has 0 amide bonds. The van der Waals surface area contributed by atoms with Gasteiger partial charge in [-0.15, -0.1) is 0 Å². The second-order valence-corrected chi connectivity index (χ2v) is 15.5. The van der Waals surface area contributed by atoms with Crippen LogP contribution in [0, 0.1) is 22.7 Å². The minimum atomic E-state index is 0.635. The van der Waals surface area contributed by atoms with Crippen LogP contribution in [0.5, 0.6) is 0 Å². The molecule has 2 heterocycles. The van der Waals surface area contributed by atoms with E-state index in [1.807, 2.05) is 24.3 Å². The molecule has 0 fully saturated rings. The van der Waals surface area contributed by atoms with Crippen molar-refractivity contribution in [3.63, 3.8) is 0 Å². The predicted molar refractivity (Wildman–Crippen MR) is 248 cm³/mol. The fraction of sp³-hybridized carbons (Fsp3) is 0. The third-order valence-electron chi connectivity index (χ3n) is 12.4. The number of hydrogen-bond acceptors (Lipinski definition) is 2. The quantitative estimate of drug-likeness (QED) is 0.168. The molecule has 0 radical (unpaired) electrons. The molecule has 2 aromatic heterocycles. The highest BCUT2D eigenvalue weighted by Crippen LogP contribution is 2.43. The highest BCUT2D eigenvalue weighted by Gasteiger charge is 2.20. The van der Waals surface area contributed by atoms with Gasteiger partial charge in [0.15, 0.2) is 0 Å². The zero-order valence-electron chi connectivity index (χ0n) is 32.3. The first-order chi connectivity index (χ1) is 29.7. The van der Waals surface area contributed by atoms with Gasteiger partial charge in [0, 0.05) is 32.3 Å². The predicted octanol–water partition coefficient (Wildman–Crippen LogP) is 14.4. The average molecular weight is 761 g/mol. The van der Waals surface area contributed by atoms with Crippen LogP contribution in [0.3, 0.4) is 0 Å². The number of nitrogens with zero attached hydrogens (tertiary/aromatic N) is 4. The van der Waals surface area contributed by atoms with Crippen molar-refractivity contribution in [1.82, 2.24) is 9.13 Å². The Morgan fingerprint density at radius 1 is 0.300 bits per heavy atom. The number of rotatable bonds is 4. The van der Waals surface area contributed by atoms with Gasteiger partial charge in [-0.2, -0.15) is 10.5 Å². The Hall–Kier alpha value is -8.44. The van der Waals surface area contributed by atoms with E-state index in [0.29, 0.717) is 11.1 Å². The van der Waals surface area contributed by atoms with E-state index in [-0.39, 0.29) is 0 Å². The Morgan fingerprint density at radius 2 is 0.617 bits per heavy atom. The van der Waals surface area contributed by atoms with Crippen LogP contribution < -0.4 is 0 Å². The van der Waals surface area contributed by atoms with Crippen molar-refractivity contribution in [2.45, 2.75) is 0 Å². The molecule has 10 aromatic carbocycles. The van der Waals surface area contributed by atoms with Crippen molar-refractivity contribution in [3.05, 3.63) is 205 Å². The summed E-state index contributed by atoms with van der Waals surface area (Å²) < 4.78 is 4.82. The lowest BCUT2D eigenvalue weighted by Gasteiger charge is -2.18. The topological polar surface area (TPSA) is 57.4 Å². The summed E-state index contributed by atoms with van der Waals surface area (Å²) >= 11 is 0. The molecule has 4 heteroatoms. The number of fused-ring (bicyclic) bond motifs is 9. The second kappa shape index (κ2) is 13.0. The third-order valence-corrected chi connectivity index (χ3v) is 12.4. The molecule has 0 aliphatic heterocycles. The molecule has 0 saturated heterocycles. The number of nitriles is 2. The smallest absolute Gasteiger partial charge is 0.0991 e. The van der Waals surface area contributed by atoms with Gasteiger partial charge in [-0.05, 0) is 129 Å². The molecule has 0 saturated carbocycles. The van der Waals surface area contributed by atoms with E-state index in [0.717, 1.165) is 88.0 Å². The summed E-state index contributed by atoms with van der Waals surface area (Å²) in [7, 11) is 0. The lowest BCUT2D eigenvalue weighted by atomic mass is 9.90. The summed E-state index contributed by atoms with van der Waals surface area (Å²) in [4.78, 5) is 0. The third kappa shape index (κ3) is 4.96. The summed E-state index contributed by atoms with van der Waals surface area (Å²) in [5.41, 5.74) is 12.4. The highest BCUT2D eigenvalue weighted by molar-refractivity contribution is 6.17. The molecule has 0 atom stereocenters. The lowest BCUT2D eigenvalue weighted by molar-refractivity contribution is 1.20. The zero-order chi connectivity index (χ0) is 39.9. The van der Waals surface area contributed by atoms with Gasteiger partial charge in [0.2, 0.25) is 0 Å². The SMILES string of the molecule is N#Cc1ccc(-c2ccc(-n3c4ccccc4c4ccccc43)c3cc4cc5c(-n6c7ccccc7c7ccccc76)ccc(-c6ccc(C#N)cc6)c5cc4cc23)cc1. The molecular formula is C56H32N4. The van der Waals surface area contributed by atoms with E-state index >= 15 is 0 Å². The molecule has 0 bridgehead atoms. The second-order valence-electron chi connectivity index (χ2n) is 15.5. The van der Waals surface area contributed by atoms with Gasteiger partial charge in [0.1, 0.15) is 0 Å². The van der Waals surface area contributed by atoms with Gasteiger partial charge in [0.25, 0.3) is 0 Å². The molecule has 60 heavy (non-hydrogen) atoms. The first-order valence-corrected chi connectivity index (χ1v) is 20.1. The fourth-order valence-electron chi connectivity index (χ4n) is 9.61. The van der Waals surface area contributed by atoms with Crippen LogP contribution in [-0.4, -0.2) is 9.13 Å². The largest absolute Gasteiger partial charge is 0.309 e. The minimum absolute atomic E-state index is 0.635. The lowest BCUT2D eigenvalue weighted by Crippen LogP contribution is -1.98. The van der Waals surface area contributed by atoms with Crippen LogP contribution in [0.1, 0.15) is 11.1 Å². The summed E-state index contributed by atoms with van der Waals surface area (Å²) in [6, 6.07) is 73.5. The van der Waals surface area contributed by atoms with Gasteiger partial charge in [-0.3, -0.25) is 0 Å². The van der Waals surface area contributed by atoms with Crippen LogP contribution >= 0.6 is 0 Å². The van der Waals surface area contributed by atoms with Gasteiger partial charge in [-0.25, -0.2) is 0 Å². The van der Waals surface area contributed by atoms with Crippen LogP contribution in [0.2, 0.25) is 0 Å². The number of hydrogen-bond donors (Lipinski definition) is 0. The van der Waals surface area contributed by atoms with E-state index < -0.39 is 0 Å². The summed E-state index contributed by atoms with van der Waals surface area (Å²) in [5, 5.41) is 30.9. The molecule has 0 aliphatic carbocycles. The van der Waals surface area contributed by atoms with Gasteiger partial charge >= 0.3 is 0 Å². The molecule has 12 aromatic rings. The van der Waals surface area contributed by atoms with Crippen LogP contribution in [0.25, 0.3) is 110 Å². The molecular weight excluding hydrogens is 729 g/mol. The Bertz CT molecular complexity index is 3480. The van der Waals surface area contributed by atoms with Crippen molar-refractivity contribution in [2.24, 2.45) is 0 Å². The van der Waals surface area contributed by atoms with Crippen molar-refractivity contribution in [1.29, 1.82) is 10.5 Å². The number of para-hydroxylation sites is 4. The molecule has 0 unspecified atom stereocenters. The Balaban J connectivity index is 1.22. The van der Waals surface area contributed by atoms with Crippen molar-refractivity contribution in [2.75, 3.05) is 0 Å².